The monoisotopic (exact) mass is 770 g/mol. The number of nitro benzene ring substituents is 1. The molecular weight excluding hydrogens is 718 g/mol. The minimum Gasteiger partial charge on any atom is -0.504 e. The number of nitrogens with zero attached hydrogens (tertiary/aromatic N) is 3. The summed E-state index contributed by atoms with van der Waals surface area (Å²) in [5.74, 6) is -2.91. The summed E-state index contributed by atoms with van der Waals surface area (Å²) in [5.41, 5.74) is 15.7. The number of benzene rings is 2. The third-order valence-corrected chi connectivity index (χ3v) is 9.18. The topological polar surface area (TPSA) is 267 Å². The first-order chi connectivity index (χ1) is 23.7. The minimum absolute atomic E-state index is 0. The second-order valence-electron chi connectivity index (χ2n) is 12.7. The molecule has 15 nitrogen and oxygen atoms in total. The van der Waals surface area contributed by atoms with E-state index in [1.165, 1.54) is 108 Å². The van der Waals surface area contributed by atoms with E-state index >= 15 is 0 Å². The van der Waals surface area contributed by atoms with E-state index in [0.29, 0.717) is 35.9 Å². The van der Waals surface area contributed by atoms with Gasteiger partial charge in [-0.2, -0.15) is 13.5 Å². The maximum Gasteiger partial charge on any atom is 0.298 e. The van der Waals surface area contributed by atoms with Gasteiger partial charge in [-0.3, -0.25) is 14.7 Å². The fraction of sp³-hybridized carbons (Fsp3) is 0.559. The van der Waals surface area contributed by atoms with Gasteiger partial charge in [0.2, 0.25) is 0 Å². The van der Waals surface area contributed by atoms with Gasteiger partial charge in [0, 0.05) is 59.1 Å². The summed E-state index contributed by atoms with van der Waals surface area (Å²) < 4.78 is 31.7. The second kappa shape index (κ2) is 23.9. The molecule has 5 rings (SSSR count). The van der Waals surface area contributed by atoms with Gasteiger partial charge in [-0.1, -0.05) is 76.0 Å². The molecule has 0 atom stereocenters. The Balaban J connectivity index is 0.000000469. The molecule has 0 spiro atoms. The van der Waals surface area contributed by atoms with Gasteiger partial charge >= 0.3 is 0 Å². The van der Waals surface area contributed by atoms with Crippen LogP contribution in [0.15, 0.2) is 57.6 Å². The van der Waals surface area contributed by atoms with Gasteiger partial charge in [0.15, 0.2) is 5.75 Å². The molecule has 9 N–H and O–H groups in total. The quantitative estimate of drug-likeness (QED) is 0.0459. The van der Waals surface area contributed by atoms with E-state index in [-0.39, 0.29) is 17.4 Å². The van der Waals surface area contributed by atoms with Crippen molar-refractivity contribution in [1.29, 1.82) is 0 Å². The number of aromatic hydroxyl groups is 1. The number of hydrogen-bond donors (Lipinski definition) is 6. The number of azo groups is 1. The number of rotatable bonds is 7. The van der Waals surface area contributed by atoms with Gasteiger partial charge in [0.05, 0.1) is 4.92 Å². The van der Waals surface area contributed by atoms with Crippen LogP contribution in [0, 0.1) is 16.2 Å². The SMILES string of the molecule is CC(=O)[C-](N=Nc1cc([N+](=O)[O-])cc(S(=O)(=O)O)c1O)C(=O)Nc1ccccc1.NC1CCCCC1.NC1CCCCC1.NC1CCCCC1.[Cr]. The number of non-ortho nitro benzene ring substituents is 1. The zero-order valence-corrected chi connectivity index (χ0v) is 31.2. The van der Waals surface area contributed by atoms with Crippen molar-refractivity contribution in [1.82, 2.24) is 0 Å². The molecule has 0 unspecified atom stereocenters. The summed E-state index contributed by atoms with van der Waals surface area (Å²) in [5, 5.41) is 30.1. The van der Waals surface area contributed by atoms with Crippen molar-refractivity contribution in [2.45, 2.75) is 126 Å². The third kappa shape index (κ3) is 18.1. The molecule has 3 saturated carbocycles. The zero-order chi connectivity index (χ0) is 37.1. The molecule has 3 fully saturated rings. The van der Waals surface area contributed by atoms with E-state index in [2.05, 4.69) is 15.5 Å². The van der Waals surface area contributed by atoms with Crippen LogP contribution in [-0.4, -0.2) is 52.8 Å². The number of nitrogens with one attached hydrogen (secondary N) is 1. The number of nitrogens with two attached hydrogens (primary N) is 3. The number of Topliss-reactive ketones (excluding diaryl/α,β-unsaturated/α-hetero) is 1. The van der Waals surface area contributed by atoms with Crippen LogP contribution in [0.4, 0.5) is 17.1 Å². The molecule has 2 aromatic carbocycles. The minimum atomic E-state index is -5.03. The number of carbonyl (C=O) groups is 2. The maximum atomic E-state index is 12.2. The summed E-state index contributed by atoms with van der Waals surface area (Å²) in [7, 11) is -5.03. The molecule has 0 aromatic heterocycles. The smallest absolute Gasteiger partial charge is 0.298 e. The van der Waals surface area contributed by atoms with E-state index in [0.717, 1.165) is 6.92 Å². The number of carbonyl (C=O) groups excluding carboxylic acids is 2. The van der Waals surface area contributed by atoms with Crippen molar-refractivity contribution in [2.24, 2.45) is 27.4 Å². The Bertz CT molecular complexity index is 1460. The predicted octanol–water partition coefficient (Wildman–Crippen LogP) is 6.22. The molecule has 17 heteroatoms. The molecule has 3 aliphatic carbocycles. The van der Waals surface area contributed by atoms with E-state index in [4.69, 9.17) is 21.8 Å². The first-order valence-corrected chi connectivity index (χ1v) is 18.5. The van der Waals surface area contributed by atoms with Crippen LogP contribution in [0.2, 0.25) is 0 Å². The van der Waals surface area contributed by atoms with Crippen LogP contribution in [0.5, 0.6) is 5.75 Å². The number of amides is 1. The van der Waals surface area contributed by atoms with Crippen molar-refractivity contribution in [3.05, 3.63) is 58.6 Å². The van der Waals surface area contributed by atoms with Crippen molar-refractivity contribution in [3.63, 3.8) is 0 Å². The molecular formula is C34H52CrN7O8S-. The van der Waals surface area contributed by atoms with Crippen molar-refractivity contribution in [3.8, 4) is 5.75 Å². The third-order valence-electron chi connectivity index (χ3n) is 8.32. The van der Waals surface area contributed by atoms with Gasteiger partial charge < -0.3 is 42.3 Å². The number of phenolic OH excluding ortho intramolecular Hbond substituents is 1. The molecule has 284 valence electrons. The van der Waals surface area contributed by atoms with Crippen LogP contribution >= 0.6 is 0 Å². The van der Waals surface area contributed by atoms with E-state index in [1.807, 2.05) is 0 Å². The fourth-order valence-electron chi connectivity index (χ4n) is 5.45. The number of phenols is 1. The van der Waals surface area contributed by atoms with Crippen molar-refractivity contribution >= 4 is 38.9 Å². The van der Waals surface area contributed by atoms with Gasteiger partial charge in [-0.25, -0.2) is 0 Å². The Hall–Kier alpha value is -3.43. The molecule has 51 heavy (non-hydrogen) atoms. The normalized spacial score (nSPS) is 16.8. The molecule has 0 heterocycles. The average molecular weight is 771 g/mol. The zero-order valence-electron chi connectivity index (χ0n) is 29.1. The first-order valence-electron chi connectivity index (χ1n) is 17.1. The predicted molar refractivity (Wildman–Crippen MR) is 191 cm³/mol. The molecule has 0 radical (unpaired) electrons. The second-order valence-corrected chi connectivity index (χ2v) is 14.1. The van der Waals surface area contributed by atoms with E-state index in [9.17, 15) is 33.2 Å². The Morgan fingerprint density at radius 3 is 1.61 bits per heavy atom. The van der Waals surface area contributed by atoms with Crippen LogP contribution in [0.3, 0.4) is 0 Å². The summed E-state index contributed by atoms with van der Waals surface area (Å²) in [6.45, 7) is 1.01. The largest absolute Gasteiger partial charge is 0.504 e. The molecule has 2 aromatic rings. The number of nitro groups is 1. The van der Waals surface area contributed by atoms with E-state index in [1.54, 1.807) is 18.2 Å². The fourth-order valence-corrected chi connectivity index (χ4v) is 6.07. The van der Waals surface area contributed by atoms with Gasteiger partial charge in [-0.15, -0.1) is 6.04 Å². The summed E-state index contributed by atoms with van der Waals surface area (Å²) in [6, 6.07) is 10.00. The molecule has 0 aliphatic heterocycles. The Kier molecular flexibility index (Phi) is 21.4. The van der Waals surface area contributed by atoms with Crippen LogP contribution in [0.25, 0.3) is 0 Å². The molecule has 0 bridgehead atoms. The van der Waals surface area contributed by atoms with Crippen molar-refractivity contribution < 1.29 is 50.0 Å². The first kappa shape index (κ1) is 45.6. The number of hydrogen-bond acceptors (Lipinski definition) is 12. The number of para-hydroxylation sites is 1. The Morgan fingerprint density at radius 2 is 1.27 bits per heavy atom. The van der Waals surface area contributed by atoms with Crippen LogP contribution < -0.4 is 22.5 Å². The maximum absolute atomic E-state index is 12.2. The average Bonchev–Trinajstić information content (AvgIpc) is 3.07. The van der Waals surface area contributed by atoms with Gasteiger partial charge in [0.25, 0.3) is 15.8 Å². The Labute approximate surface area is 311 Å². The van der Waals surface area contributed by atoms with Crippen LogP contribution in [0.1, 0.15) is 103 Å². The van der Waals surface area contributed by atoms with Gasteiger partial charge in [0.1, 0.15) is 16.5 Å². The standard InChI is InChI=1S/C16H13N4O8S.3C6H13N.Cr/c1-9(21)14(16(23)17-10-5-3-2-4-6-10)19-18-12-7-11(20(24)25)8-13(15(12)22)29(26,27)28;3*7-6-4-2-1-3-5-6;/h2-8,22H,1H3,(H,17,23)(H,26,27,28);3*6H,1-5,7H2;/q-1;;;;. The summed E-state index contributed by atoms with van der Waals surface area (Å²) in [4.78, 5) is 32.7. The summed E-state index contributed by atoms with van der Waals surface area (Å²) >= 11 is 0. The Morgan fingerprint density at radius 1 is 0.843 bits per heavy atom. The van der Waals surface area contributed by atoms with Crippen LogP contribution in [-0.2, 0) is 37.1 Å². The molecule has 0 saturated heterocycles. The molecule has 1 amide bonds. The summed E-state index contributed by atoms with van der Waals surface area (Å²) in [6.07, 6.45) is 20.0. The van der Waals surface area contributed by atoms with E-state index < -0.39 is 54.8 Å². The van der Waals surface area contributed by atoms with Gasteiger partial charge in [-0.05, 0) is 57.6 Å². The number of anilines is 1. The number of ketones is 1. The van der Waals surface area contributed by atoms with Crippen molar-refractivity contribution in [2.75, 3.05) is 5.32 Å². The molecule has 3 aliphatic rings.